The summed E-state index contributed by atoms with van der Waals surface area (Å²) >= 11 is 0. The molecule has 0 saturated heterocycles. The number of carbonyl (C=O) groups is 1. The second-order valence-electron chi connectivity index (χ2n) is 8.80. The van der Waals surface area contributed by atoms with Gasteiger partial charge in [-0.3, -0.25) is 4.79 Å². The van der Waals surface area contributed by atoms with Gasteiger partial charge in [0.25, 0.3) is 0 Å². The van der Waals surface area contributed by atoms with Gasteiger partial charge in [0.15, 0.2) is 0 Å². The number of amides is 1. The molecule has 1 amide bonds. The van der Waals surface area contributed by atoms with Gasteiger partial charge < -0.3 is 11.5 Å². The standard InChI is InChI=1S/C26H22F2N6O/c27-17-6-9-21(28)19(12-17)22-10-5-14-1-2-16(11-23(14)32-22)24-20(13-29)25(30)34(33-24)18-7-3-15(4-8-18)26(31)35/h1-2,5-6,9-12,15,18H,3-4,7-8,30H2,(H2,31,35). The largest absolute Gasteiger partial charge is 0.383 e. The van der Waals surface area contributed by atoms with Crippen molar-refractivity contribution >= 4 is 22.6 Å². The molecule has 7 nitrogen and oxygen atoms in total. The molecule has 5 rings (SSSR count). The van der Waals surface area contributed by atoms with Crippen molar-refractivity contribution in [2.75, 3.05) is 5.73 Å². The van der Waals surface area contributed by atoms with Gasteiger partial charge >= 0.3 is 0 Å². The Morgan fingerprint density at radius 3 is 2.51 bits per heavy atom. The number of benzene rings is 2. The summed E-state index contributed by atoms with van der Waals surface area (Å²) in [5, 5.41) is 15.3. The number of halogens is 2. The maximum absolute atomic E-state index is 14.3. The smallest absolute Gasteiger partial charge is 0.220 e. The van der Waals surface area contributed by atoms with Gasteiger partial charge in [0.05, 0.1) is 17.3 Å². The molecule has 4 N–H and O–H groups in total. The van der Waals surface area contributed by atoms with Crippen molar-refractivity contribution in [2.24, 2.45) is 11.7 Å². The normalized spacial score (nSPS) is 17.9. The molecule has 1 fully saturated rings. The number of pyridine rings is 1. The van der Waals surface area contributed by atoms with Crippen LogP contribution >= 0.6 is 0 Å². The van der Waals surface area contributed by atoms with E-state index in [0.29, 0.717) is 48.2 Å². The minimum Gasteiger partial charge on any atom is -0.383 e. The van der Waals surface area contributed by atoms with Gasteiger partial charge in [-0.1, -0.05) is 18.2 Å². The fourth-order valence-corrected chi connectivity index (χ4v) is 4.75. The van der Waals surface area contributed by atoms with E-state index in [2.05, 4.69) is 16.2 Å². The van der Waals surface area contributed by atoms with Crippen molar-refractivity contribution in [2.45, 2.75) is 31.7 Å². The van der Waals surface area contributed by atoms with E-state index in [4.69, 9.17) is 11.5 Å². The molecule has 2 aromatic carbocycles. The van der Waals surface area contributed by atoms with E-state index in [1.165, 1.54) is 0 Å². The van der Waals surface area contributed by atoms with Gasteiger partial charge in [-0.05, 0) is 56.0 Å². The summed E-state index contributed by atoms with van der Waals surface area (Å²) in [6.45, 7) is 0. The number of nitriles is 1. The highest BCUT2D eigenvalue weighted by molar-refractivity contribution is 5.87. The van der Waals surface area contributed by atoms with E-state index < -0.39 is 11.6 Å². The summed E-state index contributed by atoms with van der Waals surface area (Å²) in [4.78, 5) is 16.0. The molecule has 2 heterocycles. The van der Waals surface area contributed by atoms with Gasteiger partial charge in [-0.2, -0.15) is 10.4 Å². The van der Waals surface area contributed by atoms with Crippen LogP contribution in [0.4, 0.5) is 14.6 Å². The number of fused-ring (bicyclic) bond motifs is 1. The molecule has 0 radical (unpaired) electrons. The van der Waals surface area contributed by atoms with E-state index in [1.807, 2.05) is 12.1 Å². The third kappa shape index (κ3) is 4.08. The molecular formula is C26H22F2N6O. The number of nitrogen functional groups attached to an aromatic ring is 1. The first-order valence-electron chi connectivity index (χ1n) is 11.3. The first kappa shape index (κ1) is 22.5. The Balaban J connectivity index is 1.54. The highest BCUT2D eigenvalue weighted by atomic mass is 19.1. The average Bonchev–Trinajstić information content (AvgIpc) is 3.20. The van der Waals surface area contributed by atoms with E-state index in [-0.39, 0.29) is 34.8 Å². The molecule has 0 aliphatic heterocycles. The summed E-state index contributed by atoms with van der Waals surface area (Å²) < 4.78 is 29.7. The Labute approximate surface area is 200 Å². The zero-order valence-corrected chi connectivity index (χ0v) is 18.7. The number of carbonyl (C=O) groups excluding carboxylic acids is 1. The summed E-state index contributed by atoms with van der Waals surface area (Å²) in [5.41, 5.74) is 14.0. The number of hydrogen-bond acceptors (Lipinski definition) is 5. The molecule has 176 valence electrons. The first-order chi connectivity index (χ1) is 16.9. The fraction of sp³-hybridized carbons (Fsp3) is 0.231. The number of rotatable bonds is 4. The molecule has 0 bridgehead atoms. The number of primary amides is 1. The fourth-order valence-electron chi connectivity index (χ4n) is 4.75. The predicted octanol–water partition coefficient (Wildman–Crippen LogP) is 4.71. The second kappa shape index (κ2) is 8.80. The van der Waals surface area contributed by atoms with Crippen LogP contribution in [0.25, 0.3) is 33.4 Å². The third-order valence-corrected chi connectivity index (χ3v) is 6.67. The van der Waals surface area contributed by atoms with Crippen molar-refractivity contribution in [3.8, 4) is 28.6 Å². The lowest BCUT2D eigenvalue weighted by Crippen LogP contribution is -2.29. The molecule has 0 unspecified atom stereocenters. The van der Waals surface area contributed by atoms with Crippen LogP contribution in [0.2, 0.25) is 0 Å². The van der Waals surface area contributed by atoms with Gasteiger partial charge in [0, 0.05) is 22.4 Å². The van der Waals surface area contributed by atoms with Crippen LogP contribution in [-0.4, -0.2) is 20.7 Å². The molecule has 1 aliphatic carbocycles. The lowest BCUT2D eigenvalue weighted by atomic mass is 9.85. The lowest BCUT2D eigenvalue weighted by molar-refractivity contribution is -0.122. The van der Waals surface area contributed by atoms with Crippen LogP contribution < -0.4 is 11.5 Å². The summed E-state index contributed by atoms with van der Waals surface area (Å²) in [6, 6.07) is 14.2. The first-order valence-corrected chi connectivity index (χ1v) is 11.3. The molecule has 2 aromatic heterocycles. The average molecular weight is 472 g/mol. The number of aromatic nitrogens is 3. The zero-order chi connectivity index (χ0) is 24.7. The highest BCUT2D eigenvalue weighted by Crippen LogP contribution is 2.37. The van der Waals surface area contributed by atoms with Crippen LogP contribution in [0.3, 0.4) is 0 Å². The zero-order valence-electron chi connectivity index (χ0n) is 18.7. The lowest BCUT2D eigenvalue weighted by Gasteiger charge is -2.27. The number of hydrogen-bond donors (Lipinski definition) is 2. The number of nitrogens with zero attached hydrogens (tertiary/aromatic N) is 4. The Hall–Kier alpha value is -4.32. The van der Waals surface area contributed by atoms with E-state index in [9.17, 15) is 18.8 Å². The Bertz CT molecular complexity index is 1500. The highest BCUT2D eigenvalue weighted by Gasteiger charge is 2.29. The maximum Gasteiger partial charge on any atom is 0.220 e. The molecule has 1 saturated carbocycles. The van der Waals surface area contributed by atoms with E-state index in [0.717, 1.165) is 23.6 Å². The van der Waals surface area contributed by atoms with Crippen LogP contribution in [0.1, 0.15) is 37.3 Å². The molecule has 0 atom stereocenters. The topological polar surface area (TPSA) is 124 Å². The van der Waals surface area contributed by atoms with Crippen LogP contribution in [0.15, 0.2) is 48.5 Å². The van der Waals surface area contributed by atoms with Crippen LogP contribution in [0.5, 0.6) is 0 Å². The minimum absolute atomic E-state index is 0.0346. The van der Waals surface area contributed by atoms with Gasteiger partial charge in [-0.15, -0.1) is 0 Å². The third-order valence-electron chi connectivity index (χ3n) is 6.67. The van der Waals surface area contributed by atoms with Crippen molar-refractivity contribution < 1.29 is 13.6 Å². The van der Waals surface area contributed by atoms with Gasteiger partial charge in [-0.25, -0.2) is 18.4 Å². The molecule has 1 aliphatic rings. The minimum atomic E-state index is -0.571. The van der Waals surface area contributed by atoms with E-state index >= 15 is 0 Å². The Morgan fingerprint density at radius 2 is 1.80 bits per heavy atom. The Morgan fingerprint density at radius 1 is 1.06 bits per heavy atom. The van der Waals surface area contributed by atoms with Gasteiger partial charge in [0.1, 0.15) is 34.8 Å². The SMILES string of the molecule is N#Cc1c(-c2ccc3ccc(-c4cc(F)ccc4F)nc3c2)nn(C2CCC(C(N)=O)CC2)c1N. The molecule has 4 aromatic rings. The summed E-state index contributed by atoms with van der Waals surface area (Å²) in [5.74, 6) is -1.30. The number of anilines is 1. The van der Waals surface area contributed by atoms with Crippen LogP contribution in [0, 0.1) is 28.9 Å². The van der Waals surface area contributed by atoms with Crippen molar-refractivity contribution in [1.29, 1.82) is 5.26 Å². The van der Waals surface area contributed by atoms with Crippen molar-refractivity contribution in [3.63, 3.8) is 0 Å². The Kier molecular flexibility index (Phi) is 5.65. The second-order valence-corrected chi connectivity index (χ2v) is 8.80. The van der Waals surface area contributed by atoms with Crippen LogP contribution in [-0.2, 0) is 4.79 Å². The quantitative estimate of drug-likeness (QED) is 0.445. The number of nitrogens with two attached hydrogens (primary N) is 2. The summed E-state index contributed by atoms with van der Waals surface area (Å²) in [7, 11) is 0. The van der Waals surface area contributed by atoms with E-state index in [1.54, 1.807) is 22.9 Å². The summed E-state index contributed by atoms with van der Waals surface area (Å²) in [6.07, 6.45) is 2.67. The molecule has 35 heavy (non-hydrogen) atoms. The molecule has 0 spiro atoms. The molecular weight excluding hydrogens is 450 g/mol. The predicted molar refractivity (Wildman–Crippen MR) is 128 cm³/mol. The molecule has 9 heteroatoms. The monoisotopic (exact) mass is 472 g/mol. The van der Waals surface area contributed by atoms with Gasteiger partial charge in [0.2, 0.25) is 5.91 Å². The maximum atomic E-state index is 14.3. The van der Waals surface area contributed by atoms with Crippen molar-refractivity contribution in [3.05, 3.63) is 65.7 Å². The van der Waals surface area contributed by atoms with Crippen molar-refractivity contribution in [1.82, 2.24) is 14.8 Å².